The van der Waals surface area contributed by atoms with E-state index in [4.69, 9.17) is 21.5 Å². The summed E-state index contributed by atoms with van der Waals surface area (Å²) in [4.78, 5) is 8.90. The second-order valence-corrected chi connectivity index (χ2v) is 7.76. The third-order valence-electron chi connectivity index (χ3n) is 6.02. The summed E-state index contributed by atoms with van der Waals surface area (Å²) in [5, 5.41) is 20.9. The van der Waals surface area contributed by atoms with Crippen LogP contribution in [-0.2, 0) is 16.6 Å². The second-order valence-electron chi connectivity index (χ2n) is 7.38. The fourth-order valence-corrected chi connectivity index (χ4v) is 5.43. The highest BCUT2D eigenvalue weighted by atomic mass is 35.5. The van der Waals surface area contributed by atoms with Gasteiger partial charge in [-0.1, -0.05) is 24.4 Å². The van der Waals surface area contributed by atoms with Gasteiger partial charge in [-0.2, -0.15) is 13.2 Å². The lowest BCUT2D eigenvalue weighted by atomic mass is 9.53. The van der Waals surface area contributed by atoms with Crippen molar-refractivity contribution in [3.63, 3.8) is 0 Å². The Balaban J connectivity index is 0.000000260. The van der Waals surface area contributed by atoms with Crippen molar-refractivity contribution in [2.75, 3.05) is 6.54 Å². The molecule has 2 bridgehead atoms. The fraction of sp³-hybridized carbons (Fsp3) is 0.611. The molecule has 150 valence electrons. The molecular weight excluding hydrogens is 390 g/mol. The first-order chi connectivity index (χ1) is 12.6. The van der Waals surface area contributed by atoms with Crippen LogP contribution in [0.15, 0.2) is 6.07 Å². The molecule has 1 saturated carbocycles. The van der Waals surface area contributed by atoms with E-state index in [1.807, 2.05) is 0 Å². The Morgan fingerprint density at radius 1 is 1.30 bits per heavy atom. The number of alkyl halides is 3. The maximum Gasteiger partial charge on any atom is 0.490 e. The molecule has 1 saturated heterocycles. The van der Waals surface area contributed by atoms with Gasteiger partial charge in [-0.05, 0) is 55.3 Å². The molecule has 4 rings (SSSR count). The van der Waals surface area contributed by atoms with Crippen LogP contribution >= 0.6 is 11.6 Å². The summed E-state index contributed by atoms with van der Waals surface area (Å²) in [5.41, 5.74) is 2.12. The molecule has 3 N–H and O–H groups in total. The predicted octanol–water partition coefficient (Wildman–Crippen LogP) is 4.16. The predicted molar refractivity (Wildman–Crippen MR) is 90.5 cm³/mol. The zero-order valence-electron chi connectivity index (χ0n) is 14.4. The largest absolute Gasteiger partial charge is 0.504 e. The highest BCUT2D eigenvalue weighted by molar-refractivity contribution is 6.33. The van der Waals surface area contributed by atoms with Crippen LogP contribution in [0, 0.1) is 11.7 Å². The summed E-state index contributed by atoms with van der Waals surface area (Å²) in [6.45, 7) is 0.995. The van der Waals surface area contributed by atoms with Gasteiger partial charge >= 0.3 is 12.1 Å². The number of carbonyl (C=O) groups is 1. The number of rotatable bonds is 0. The van der Waals surface area contributed by atoms with E-state index >= 15 is 0 Å². The Bertz CT molecular complexity index is 751. The number of carboxylic acid groups (broad SMARTS) is 1. The number of fused-ring (bicyclic) bond motifs is 1. The van der Waals surface area contributed by atoms with Gasteiger partial charge in [-0.25, -0.2) is 9.18 Å². The molecule has 3 aliphatic rings. The van der Waals surface area contributed by atoms with Crippen LogP contribution in [0.5, 0.6) is 5.75 Å². The molecule has 1 aliphatic heterocycles. The second kappa shape index (κ2) is 7.13. The number of piperidine rings is 1. The molecule has 0 radical (unpaired) electrons. The molecule has 4 nitrogen and oxygen atoms in total. The maximum atomic E-state index is 13.8. The highest BCUT2D eigenvalue weighted by Crippen LogP contribution is 2.57. The SMILES string of the molecule is O=C(O)C(F)(F)F.Oc1c(F)cc2c(c1Cl)[C@@]13CCCC[C@H]1[C@@H](C2)NCC3. The number of nitrogens with one attached hydrogen (secondary N) is 1. The smallest absolute Gasteiger partial charge is 0.490 e. The van der Waals surface area contributed by atoms with E-state index in [1.54, 1.807) is 0 Å². The van der Waals surface area contributed by atoms with Gasteiger partial charge in [-0.15, -0.1) is 0 Å². The summed E-state index contributed by atoms with van der Waals surface area (Å²) < 4.78 is 45.5. The van der Waals surface area contributed by atoms with Crippen LogP contribution < -0.4 is 5.32 Å². The molecule has 0 spiro atoms. The van der Waals surface area contributed by atoms with Crippen molar-refractivity contribution in [2.45, 2.75) is 56.2 Å². The minimum Gasteiger partial charge on any atom is -0.504 e. The van der Waals surface area contributed by atoms with Crippen molar-refractivity contribution in [3.05, 3.63) is 28.0 Å². The van der Waals surface area contributed by atoms with E-state index in [9.17, 15) is 22.7 Å². The van der Waals surface area contributed by atoms with Gasteiger partial charge < -0.3 is 15.5 Å². The number of hydrogen-bond donors (Lipinski definition) is 3. The van der Waals surface area contributed by atoms with Gasteiger partial charge in [0.2, 0.25) is 0 Å². The topological polar surface area (TPSA) is 69.6 Å². The van der Waals surface area contributed by atoms with Crippen molar-refractivity contribution in [1.82, 2.24) is 5.32 Å². The summed E-state index contributed by atoms with van der Waals surface area (Å²) >= 11 is 6.37. The van der Waals surface area contributed by atoms with E-state index in [2.05, 4.69) is 5.32 Å². The van der Waals surface area contributed by atoms with E-state index in [0.29, 0.717) is 12.0 Å². The molecule has 2 fully saturated rings. The van der Waals surface area contributed by atoms with Crippen molar-refractivity contribution in [1.29, 1.82) is 0 Å². The number of aromatic hydroxyl groups is 1. The zero-order valence-corrected chi connectivity index (χ0v) is 15.1. The molecule has 1 heterocycles. The summed E-state index contributed by atoms with van der Waals surface area (Å²) in [6.07, 6.45) is 1.60. The summed E-state index contributed by atoms with van der Waals surface area (Å²) in [5.74, 6) is -3.12. The third-order valence-corrected chi connectivity index (χ3v) is 6.39. The van der Waals surface area contributed by atoms with Crippen molar-refractivity contribution in [3.8, 4) is 5.75 Å². The molecule has 9 heteroatoms. The van der Waals surface area contributed by atoms with Crippen LogP contribution in [0.2, 0.25) is 5.02 Å². The fourth-order valence-electron chi connectivity index (χ4n) is 5.03. The number of carboxylic acids is 1. The van der Waals surface area contributed by atoms with E-state index in [1.165, 1.54) is 25.3 Å². The van der Waals surface area contributed by atoms with Crippen LogP contribution in [0.1, 0.15) is 43.2 Å². The normalized spacial score (nSPS) is 29.1. The van der Waals surface area contributed by atoms with Crippen LogP contribution in [0.3, 0.4) is 0 Å². The number of benzene rings is 1. The Labute approximate surface area is 158 Å². The molecule has 0 amide bonds. The number of phenols is 1. The summed E-state index contributed by atoms with van der Waals surface area (Å²) in [7, 11) is 0. The van der Waals surface area contributed by atoms with Crippen LogP contribution in [0.4, 0.5) is 17.6 Å². The van der Waals surface area contributed by atoms with Gasteiger partial charge in [0.1, 0.15) is 0 Å². The Hall–Kier alpha value is -1.54. The molecule has 1 aromatic rings. The van der Waals surface area contributed by atoms with Gasteiger partial charge in [0.15, 0.2) is 11.6 Å². The lowest BCUT2D eigenvalue weighted by molar-refractivity contribution is -0.192. The van der Waals surface area contributed by atoms with Gasteiger partial charge in [0, 0.05) is 11.5 Å². The first-order valence-electron chi connectivity index (χ1n) is 8.81. The lowest BCUT2D eigenvalue weighted by Crippen LogP contribution is -2.59. The number of hydrogen-bond acceptors (Lipinski definition) is 3. The Morgan fingerprint density at radius 2 is 1.96 bits per heavy atom. The van der Waals surface area contributed by atoms with E-state index in [-0.39, 0.29) is 16.2 Å². The number of halogens is 5. The third kappa shape index (κ3) is 3.49. The monoisotopic (exact) mass is 409 g/mol. The first-order valence-corrected chi connectivity index (χ1v) is 9.19. The molecule has 1 aromatic carbocycles. The summed E-state index contributed by atoms with van der Waals surface area (Å²) in [6, 6.07) is 1.94. The van der Waals surface area contributed by atoms with Crippen molar-refractivity contribution < 1.29 is 32.6 Å². The maximum absolute atomic E-state index is 13.8. The van der Waals surface area contributed by atoms with Gasteiger partial charge in [-0.3, -0.25) is 0 Å². The minimum absolute atomic E-state index is 0.0595. The number of aliphatic carboxylic acids is 1. The van der Waals surface area contributed by atoms with E-state index < -0.39 is 18.0 Å². The van der Waals surface area contributed by atoms with Crippen LogP contribution in [0.25, 0.3) is 0 Å². The highest BCUT2D eigenvalue weighted by Gasteiger charge is 2.52. The lowest BCUT2D eigenvalue weighted by Gasteiger charge is -2.56. The standard InChI is InChI=1S/C16H19ClFNO.C2HF3O2/c17-14-13-9(7-11(18)15(14)20)8-12-10-3-1-2-4-16(10,13)5-6-19-12;3-2(4,5)1(6)7/h7,10,12,19-20H,1-6,8H2;(H,6,7)/t10-,12+,16+;/m0./s1. The Kier molecular flexibility index (Phi) is 5.33. The molecule has 0 aromatic heterocycles. The van der Waals surface area contributed by atoms with Crippen molar-refractivity contribution >= 4 is 17.6 Å². The zero-order chi connectivity index (χ0) is 20.0. The quantitative estimate of drug-likeness (QED) is 0.563. The molecule has 2 aliphatic carbocycles. The molecular formula is C18H20ClF4NO3. The average Bonchev–Trinajstić information content (AvgIpc) is 2.59. The average molecular weight is 410 g/mol. The molecule has 0 unspecified atom stereocenters. The van der Waals surface area contributed by atoms with E-state index in [0.717, 1.165) is 36.9 Å². The van der Waals surface area contributed by atoms with Gasteiger partial charge in [0.25, 0.3) is 0 Å². The first kappa shape index (κ1) is 20.2. The molecule has 27 heavy (non-hydrogen) atoms. The van der Waals surface area contributed by atoms with Gasteiger partial charge in [0.05, 0.1) is 5.02 Å². The van der Waals surface area contributed by atoms with Crippen LogP contribution in [-0.4, -0.2) is 34.9 Å². The molecule has 3 atom stereocenters. The Morgan fingerprint density at radius 3 is 2.59 bits per heavy atom. The van der Waals surface area contributed by atoms with Crippen molar-refractivity contribution in [2.24, 2.45) is 5.92 Å². The minimum atomic E-state index is -5.08. The number of phenolic OH excluding ortho intramolecular Hbond substituents is 1.